The molecule has 0 atom stereocenters. The number of hydrogen-bond acceptors (Lipinski definition) is 6. The number of carboxylic acids is 1. The number of carbonyl (C=O) groups is 2. The van der Waals surface area contributed by atoms with Gasteiger partial charge in [0.2, 0.25) is 0 Å². The number of amides is 1. The van der Waals surface area contributed by atoms with Gasteiger partial charge in [-0.05, 0) is 35.9 Å². The van der Waals surface area contributed by atoms with E-state index in [-0.39, 0.29) is 18.9 Å². The number of thioether (sulfide) groups is 1. The van der Waals surface area contributed by atoms with E-state index in [0.29, 0.717) is 15.0 Å². The van der Waals surface area contributed by atoms with Crippen LogP contribution >= 0.6 is 24.0 Å². The predicted molar refractivity (Wildman–Crippen MR) is 102 cm³/mol. The zero-order valence-electron chi connectivity index (χ0n) is 13.6. The number of carboxylic acid groups (broad SMARTS) is 1. The van der Waals surface area contributed by atoms with Crippen LogP contribution in [0.3, 0.4) is 0 Å². The summed E-state index contributed by atoms with van der Waals surface area (Å²) >= 11 is 6.32. The smallest absolute Gasteiger partial charge is 0.266 e. The molecule has 132 valence electrons. The molecule has 7 heteroatoms. The zero-order valence-corrected chi connectivity index (χ0v) is 15.2. The fourth-order valence-electron chi connectivity index (χ4n) is 2.34. The molecular formula is C19H14NO4S2-. The highest BCUT2D eigenvalue weighted by Crippen LogP contribution is 2.33. The van der Waals surface area contributed by atoms with Crippen molar-refractivity contribution in [2.75, 3.05) is 6.54 Å². The van der Waals surface area contributed by atoms with Crippen LogP contribution < -0.4 is 9.84 Å². The van der Waals surface area contributed by atoms with Gasteiger partial charge in [0.25, 0.3) is 5.91 Å². The highest BCUT2D eigenvalue weighted by molar-refractivity contribution is 8.26. The molecule has 0 radical (unpaired) electrons. The van der Waals surface area contributed by atoms with Crippen molar-refractivity contribution in [3.63, 3.8) is 0 Å². The van der Waals surface area contributed by atoms with Crippen LogP contribution in [0.25, 0.3) is 6.08 Å². The molecule has 26 heavy (non-hydrogen) atoms. The second kappa shape index (κ2) is 8.16. The van der Waals surface area contributed by atoms with Crippen molar-refractivity contribution in [2.24, 2.45) is 0 Å². The molecule has 0 aromatic heterocycles. The lowest BCUT2D eigenvalue weighted by atomic mass is 10.2. The Bertz CT molecular complexity index is 880. The van der Waals surface area contributed by atoms with Crippen LogP contribution in [0.2, 0.25) is 0 Å². The first-order chi connectivity index (χ1) is 12.5. The molecule has 0 unspecified atom stereocenters. The fraction of sp³-hybridized carbons (Fsp3) is 0.105. The molecule has 0 N–H and O–H groups in total. The van der Waals surface area contributed by atoms with Crippen LogP contribution in [-0.2, 0) is 9.59 Å². The van der Waals surface area contributed by atoms with Gasteiger partial charge in [-0.25, -0.2) is 0 Å². The Morgan fingerprint density at radius 2 is 1.88 bits per heavy atom. The number of rotatable bonds is 6. The van der Waals surface area contributed by atoms with Gasteiger partial charge in [0.1, 0.15) is 15.8 Å². The van der Waals surface area contributed by atoms with E-state index in [1.807, 2.05) is 54.6 Å². The van der Waals surface area contributed by atoms with Crippen LogP contribution in [0.5, 0.6) is 11.5 Å². The van der Waals surface area contributed by atoms with E-state index in [1.54, 1.807) is 6.08 Å². The lowest BCUT2D eigenvalue weighted by Gasteiger charge is -2.14. The molecule has 2 aromatic carbocycles. The molecule has 5 nitrogen and oxygen atoms in total. The number of para-hydroxylation sites is 1. The summed E-state index contributed by atoms with van der Waals surface area (Å²) in [5.41, 5.74) is 0.791. The van der Waals surface area contributed by atoms with Crippen LogP contribution in [-0.4, -0.2) is 27.6 Å². The molecule has 0 saturated carbocycles. The third-order valence-electron chi connectivity index (χ3n) is 3.55. The van der Waals surface area contributed by atoms with Crippen molar-refractivity contribution in [2.45, 2.75) is 6.42 Å². The Balaban J connectivity index is 1.75. The number of hydrogen-bond donors (Lipinski definition) is 0. The minimum Gasteiger partial charge on any atom is -0.550 e. The Hall–Kier alpha value is -2.64. The lowest BCUT2D eigenvalue weighted by Crippen LogP contribution is -2.33. The third kappa shape index (κ3) is 4.50. The average Bonchev–Trinajstić information content (AvgIpc) is 2.87. The Morgan fingerprint density at radius 3 is 2.62 bits per heavy atom. The topological polar surface area (TPSA) is 69.7 Å². The molecule has 0 aliphatic carbocycles. The number of aliphatic carboxylic acids is 1. The summed E-state index contributed by atoms with van der Waals surface area (Å²) < 4.78 is 6.13. The van der Waals surface area contributed by atoms with Crippen molar-refractivity contribution in [1.82, 2.24) is 4.90 Å². The van der Waals surface area contributed by atoms with E-state index < -0.39 is 5.97 Å². The van der Waals surface area contributed by atoms with E-state index in [9.17, 15) is 14.7 Å². The fourth-order valence-corrected chi connectivity index (χ4v) is 3.65. The van der Waals surface area contributed by atoms with Crippen molar-refractivity contribution in [1.29, 1.82) is 0 Å². The van der Waals surface area contributed by atoms with Crippen molar-refractivity contribution < 1.29 is 19.4 Å². The van der Waals surface area contributed by atoms with E-state index in [2.05, 4.69) is 0 Å². The summed E-state index contributed by atoms with van der Waals surface area (Å²) in [6.07, 6.45) is 1.47. The van der Waals surface area contributed by atoms with Gasteiger partial charge in [-0.2, -0.15) is 0 Å². The minimum absolute atomic E-state index is 0.0154. The molecule has 1 aliphatic rings. The van der Waals surface area contributed by atoms with Crippen LogP contribution in [0, 0.1) is 0 Å². The summed E-state index contributed by atoms with van der Waals surface area (Å²) in [6.45, 7) is 0.0154. The van der Waals surface area contributed by atoms with Crippen LogP contribution in [0.15, 0.2) is 59.5 Å². The summed E-state index contributed by atoms with van der Waals surface area (Å²) in [4.78, 5) is 24.7. The summed E-state index contributed by atoms with van der Waals surface area (Å²) in [5, 5.41) is 10.6. The van der Waals surface area contributed by atoms with E-state index in [0.717, 1.165) is 23.1 Å². The zero-order chi connectivity index (χ0) is 18.5. The maximum absolute atomic E-state index is 12.4. The number of benzene rings is 2. The van der Waals surface area contributed by atoms with Crippen LogP contribution in [0.1, 0.15) is 12.0 Å². The third-order valence-corrected chi connectivity index (χ3v) is 4.93. The molecule has 1 amide bonds. The van der Waals surface area contributed by atoms with Crippen LogP contribution in [0.4, 0.5) is 0 Å². The van der Waals surface area contributed by atoms with Gasteiger partial charge in [-0.15, -0.1) is 0 Å². The van der Waals surface area contributed by atoms with Gasteiger partial charge in [0, 0.05) is 18.9 Å². The molecule has 1 aliphatic heterocycles. The van der Waals surface area contributed by atoms with Crippen molar-refractivity contribution in [3.05, 3.63) is 65.1 Å². The van der Waals surface area contributed by atoms with Gasteiger partial charge >= 0.3 is 0 Å². The van der Waals surface area contributed by atoms with Gasteiger partial charge in [0.05, 0.1) is 4.91 Å². The normalized spacial score (nSPS) is 15.5. The molecule has 1 fully saturated rings. The Labute approximate surface area is 160 Å². The molecule has 2 aromatic rings. The quantitative estimate of drug-likeness (QED) is 0.563. The molecule has 1 saturated heterocycles. The summed E-state index contributed by atoms with van der Waals surface area (Å²) in [5.74, 6) is -0.139. The Morgan fingerprint density at radius 1 is 1.15 bits per heavy atom. The molecule has 0 bridgehead atoms. The first kappa shape index (κ1) is 18.2. The SMILES string of the molecule is O=C([O-])CCN1C(=O)/C(=C/c2cccc(Oc3ccccc3)c2)SC1=S. The van der Waals surface area contributed by atoms with E-state index >= 15 is 0 Å². The van der Waals surface area contributed by atoms with E-state index in [4.69, 9.17) is 17.0 Å². The predicted octanol–water partition coefficient (Wildman–Crippen LogP) is 2.82. The van der Waals surface area contributed by atoms with Gasteiger partial charge in [-0.1, -0.05) is 54.3 Å². The first-order valence-corrected chi connectivity index (χ1v) is 9.03. The lowest BCUT2D eigenvalue weighted by molar-refractivity contribution is -0.305. The van der Waals surface area contributed by atoms with Gasteiger partial charge < -0.3 is 14.6 Å². The number of ether oxygens (including phenoxy) is 1. The minimum atomic E-state index is -1.21. The van der Waals surface area contributed by atoms with Gasteiger partial charge in [0.15, 0.2) is 0 Å². The molecule has 3 rings (SSSR count). The van der Waals surface area contributed by atoms with Gasteiger partial charge in [-0.3, -0.25) is 9.69 Å². The monoisotopic (exact) mass is 384 g/mol. The highest BCUT2D eigenvalue weighted by atomic mass is 32.2. The maximum Gasteiger partial charge on any atom is 0.266 e. The number of carbonyl (C=O) groups excluding carboxylic acids is 2. The number of thiocarbonyl (C=S) groups is 1. The maximum atomic E-state index is 12.4. The van der Waals surface area contributed by atoms with Crippen molar-refractivity contribution in [3.8, 4) is 11.5 Å². The molecule has 1 heterocycles. The first-order valence-electron chi connectivity index (χ1n) is 7.81. The largest absolute Gasteiger partial charge is 0.550 e. The second-order valence-electron chi connectivity index (χ2n) is 5.44. The second-order valence-corrected chi connectivity index (χ2v) is 7.12. The highest BCUT2D eigenvalue weighted by Gasteiger charge is 2.31. The number of nitrogens with zero attached hydrogens (tertiary/aromatic N) is 1. The Kier molecular flexibility index (Phi) is 5.70. The molecule has 0 spiro atoms. The standard InChI is InChI=1S/C19H15NO4S2/c21-17(22)9-10-20-18(23)16(26-19(20)25)12-13-5-4-8-15(11-13)24-14-6-2-1-3-7-14/h1-8,11-12H,9-10H2,(H,21,22)/p-1/b16-12-. The summed E-state index contributed by atoms with van der Waals surface area (Å²) in [6, 6.07) is 16.7. The van der Waals surface area contributed by atoms with E-state index in [1.165, 1.54) is 4.90 Å². The van der Waals surface area contributed by atoms with Crippen molar-refractivity contribution >= 4 is 46.3 Å². The molecular weight excluding hydrogens is 370 g/mol. The average molecular weight is 384 g/mol. The summed E-state index contributed by atoms with van der Waals surface area (Å²) in [7, 11) is 0.